The lowest BCUT2D eigenvalue weighted by Gasteiger charge is -2.23. The topological polar surface area (TPSA) is 99.0 Å². The van der Waals surface area contributed by atoms with E-state index in [0.717, 1.165) is 11.3 Å². The number of hydrogen-bond acceptors (Lipinski definition) is 7. The molecule has 1 aromatic heterocycles. The molecule has 11 heteroatoms. The molecule has 1 heterocycles. The first kappa shape index (κ1) is 27.3. The van der Waals surface area contributed by atoms with Crippen molar-refractivity contribution in [3.8, 4) is 10.4 Å². The van der Waals surface area contributed by atoms with Crippen molar-refractivity contribution in [3.63, 3.8) is 0 Å². The van der Waals surface area contributed by atoms with Crippen molar-refractivity contribution >= 4 is 50.0 Å². The number of nitrogens with zero attached hydrogens (tertiary/aromatic N) is 2. The summed E-state index contributed by atoms with van der Waals surface area (Å²) in [5.74, 6) is -1.14. The van der Waals surface area contributed by atoms with Crippen LogP contribution in [0, 0.1) is 22.9 Å². The van der Waals surface area contributed by atoms with Gasteiger partial charge < -0.3 is 9.47 Å². The first-order valence-corrected chi connectivity index (χ1v) is 13.0. The Morgan fingerprint density at radius 1 is 1.08 bits per heavy atom. The van der Waals surface area contributed by atoms with E-state index < -0.39 is 22.8 Å². The molecule has 0 N–H and O–H groups in total. The maximum atomic E-state index is 14.7. The molecule has 190 valence electrons. The van der Waals surface area contributed by atoms with E-state index >= 15 is 0 Å². The Hall–Kier alpha value is -3.31. The van der Waals surface area contributed by atoms with Crippen LogP contribution in [0.3, 0.4) is 0 Å². The van der Waals surface area contributed by atoms with Crippen LogP contribution in [0.15, 0.2) is 42.5 Å². The number of ether oxygens (including phenoxy) is 2. The van der Waals surface area contributed by atoms with Gasteiger partial charge in [0.15, 0.2) is 0 Å². The monoisotopic (exact) mass is 578 g/mol. The number of carbonyl (C=O) groups excluding carboxylic acids is 2. The number of thiophene rings is 1. The number of aryl methyl sites for hydroxylation is 1. The smallest absolute Gasteiger partial charge is 0.415 e. The van der Waals surface area contributed by atoms with Gasteiger partial charge in [0.05, 0.1) is 30.2 Å². The second-order valence-corrected chi connectivity index (χ2v) is 9.13. The van der Waals surface area contributed by atoms with E-state index in [1.54, 1.807) is 45.0 Å². The van der Waals surface area contributed by atoms with Crippen LogP contribution in [-0.2, 0) is 21.3 Å². The zero-order valence-electron chi connectivity index (χ0n) is 19.9. The quantitative estimate of drug-likeness (QED) is 0.117. The molecule has 0 fully saturated rings. The summed E-state index contributed by atoms with van der Waals surface area (Å²) in [5.41, 5.74) is 2.14. The Morgan fingerprint density at radius 2 is 1.75 bits per heavy atom. The summed E-state index contributed by atoms with van der Waals surface area (Å²) in [5, 5.41) is 11.6. The van der Waals surface area contributed by atoms with Crippen molar-refractivity contribution in [1.82, 2.24) is 0 Å². The normalized spacial score (nSPS) is 10.7. The molecule has 0 bridgehead atoms. The number of halogens is 2. The van der Waals surface area contributed by atoms with Gasteiger partial charge in [-0.3, -0.25) is 15.0 Å². The molecule has 0 atom stereocenters. The van der Waals surface area contributed by atoms with Crippen molar-refractivity contribution in [2.24, 2.45) is 0 Å². The average molecular weight is 579 g/mol. The number of benzene rings is 2. The minimum Gasteiger partial charge on any atom is -0.462 e. The second kappa shape index (κ2) is 12.1. The van der Waals surface area contributed by atoms with Gasteiger partial charge in [-0.1, -0.05) is 28.1 Å². The number of nitro benzene ring substituents is 1. The Labute approximate surface area is 219 Å². The van der Waals surface area contributed by atoms with Crippen molar-refractivity contribution in [2.45, 2.75) is 32.6 Å². The standard InChI is InChI=1S/C25H24BrFN2O6S/c1-4-34-24(30)21-18(13-26)22(16-9-11-17(12-10-16)29(32)33)36-23(21)28(25(31)35-5-2)14-19-15(3)7-6-8-20(19)27/h6-12H,4-5,13-14H2,1-3H3. The average Bonchev–Trinajstić information content (AvgIpc) is 3.23. The lowest BCUT2D eigenvalue weighted by atomic mass is 10.1. The van der Waals surface area contributed by atoms with Crippen molar-refractivity contribution < 1.29 is 28.4 Å². The minimum atomic E-state index is -0.747. The Bertz CT molecular complexity index is 1260. The third-order valence-corrected chi connectivity index (χ3v) is 7.21. The molecule has 0 aliphatic rings. The first-order chi connectivity index (χ1) is 17.2. The molecule has 2 aromatic carbocycles. The highest BCUT2D eigenvalue weighted by Crippen LogP contribution is 2.45. The summed E-state index contributed by atoms with van der Waals surface area (Å²) in [7, 11) is 0. The van der Waals surface area contributed by atoms with Crippen molar-refractivity contribution in [3.05, 3.63) is 80.6 Å². The van der Waals surface area contributed by atoms with E-state index in [1.807, 2.05) is 0 Å². The molecule has 0 radical (unpaired) electrons. The molecule has 0 aliphatic heterocycles. The number of carbonyl (C=O) groups is 2. The number of rotatable bonds is 9. The SMILES string of the molecule is CCOC(=O)c1c(N(Cc2c(C)cccc2F)C(=O)OCC)sc(-c2ccc([N+](=O)[O-])cc2)c1CBr. The number of non-ortho nitro benzene ring substituents is 1. The highest BCUT2D eigenvalue weighted by molar-refractivity contribution is 9.08. The van der Waals surface area contributed by atoms with E-state index in [1.165, 1.54) is 23.1 Å². The first-order valence-electron chi connectivity index (χ1n) is 11.0. The molecule has 0 saturated carbocycles. The van der Waals surface area contributed by atoms with Gasteiger partial charge in [0.2, 0.25) is 0 Å². The number of amides is 1. The molecular formula is C25H24BrFN2O6S. The third-order valence-electron chi connectivity index (χ3n) is 5.34. The van der Waals surface area contributed by atoms with E-state index in [2.05, 4.69) is 15.9 Å². The van der Waals surface area contributed by atoms with Crippen LogP contribution in [-0.4, -0.2) is 30.2 Å². The molecule has 8 nitrogen and oxygen atoms in total. The van der Waals surface area contributed by atoms with Crippen LogP contribution < -0.4 is 4.90 Å². The summed E-state index contributed by atoms with van der Waals surface area (Å²) in [6.45, 7) is 5.05. The van der Waals surface area contributed by atoms with E-state index in [-0.39, 0.29) is 46.9 Å². The van der Waals surface area contributed by atoms with Gasteiger partial charge in [0.1, 0.15) is 10.8 Å². The fourth-order valence-electron chi connectivity index (χ4n) is 3.60. The van der Waals surface area contributed by atoms with Crippen LogP contribution in [0.5, 0.6) is 0 Å². The van der Waals surface area contributed by atoms with Gasteiger partial charge in [-0.05, 0) is 55.7 Å². The highest BCUT2D eigenvalue weighted by Gasteiger charge is 2.32. The van der Waals surface area contributed by atoms with Gasteiger partial charge >= 0.3 is 12.1 Å². The second-order valence-electron chi connectivity index (χ2n) is 7.57. The Kier molecular flexibility index (Phi) is 9.16. The summed E-state index contributed by atoms with van der Waals surface area (Å²) < 4.78 is 25.3. The minimum absolute atomic E-state index is 0.0756. The van der Waals surface area contributed by atoms with Crippen LogP contribution in [0.25, 0.3) is 10.4 Å². The Morgan fingerprint density at radius 3 is 2.31 bits per heavy atom. The highest BCUT2D eigenvalue weighted by atomic mass is 79.9. The van der Waals surface area contributed by atoms with Crippen LogP contribution in [0.1, 0.15) is 40.9 Å². The summed E-state index contributed by atoms with van der Waals surface area (Å²) in [6, 6.07) is 10.5. The fourth-order valence-corrected chi connectivity index (χ4v) is 5.65. The number of anilines is 1. The Balaban J connectivity index is 2.25. The number of alkyl halides is 1. The largest absolute Gasteiger partial charge is 0.462 e. The summed E-state index contributed by atoms with van der Waals surface area (Å²) in [4.78, 5) is 38.7. The fraction of sp³-hybridized carbons (Fsp3) is 0.280. The molecule has 3 aromatic rings. The predicted molar refractivity (Wildman–Crippen MR) is 139 cm³/mol. The number of esters is 1. The number of nitro groups is 1. The van der Waals surface area contributed by atoms with Gasteiger partial charge in [0.25, 0.3) is 5.69 Å². The zero-order valence-corrected chi connectivity index (χ0v) is 22.3. The molecular weight excluding hydrogens is 555 g/mol. The van der Waals surface area contributed by atoms with Crippen LogP contribution in [0.4, 0.5) is 19.9 Å². The van der Waals surface area contributed by atoms with Gasteiger partial charge in [-0.2, -0.15) is 0 Å². The summed E-state index contributed by atoms with van der Waals surface area (Å²) >= 11 is 4.56. The lowest BCUT2D eigenvalue weighted by Crippen LogP contribution is -2.32. The van der Waals surface area contributed by atoms with E-state index in [4.69, 9.17) is 9.47 Å². The van der Waals surface area contributed by atoms with Gasteiger partial charge in [0, 0.05) is 27.9 Å². The maximum absolute atomic E-state index is 14.7. The van der Waals surface area contributed by atoms with Gasteiger partial charge in [-0.25, -0.2) is 14.0 Å². The number of hydrogen-bond donors (Lipinski definition) is 0. The molecule has 3 rings (SSSR count). The molecule has 0 aliphatic carbocycles. The summed E-state index contributed by atoms with van der Waals surface area (Å²) in [6.07, 6.45) is -0.747. The van der Waals surface area contributed by atoms with Crippen molar-refractivity contribution in [2.75, 3.05) is 18.1 Å². The van der Waals surface area contributed by atoms with E-state index in [0.29, 0.717) is 21.6 Å². The molecule has 0 spiro atoms. The zero-order chi connectivity index (χ0) is 26.4. The lowest BCUT2D eigenvalue weighted by molar-refractivity contribution is -0.384. The van der Waals surface area contributed by atoms with Crippen molar-refractivity contribution in [1.29, 1.82) is 0 Å². The third kappa shape index (κ3) is 5.73. The molecule has 1 amide bonds. The maximum Gasteiger partial charge on any atom is 0.415 e. The molecule has 0 saturated heterocycles. The van der Waals surface area contributed by atoms with E-state index in [9.17, 15) is 24.1 Å². The molecule has 0 unspecified atom stereocenters. The predicted octanol–water partition coefficient (Wildman–Crippen LogP) is 7.01. The van der Waals surface area contributed by atoms with Gasteiger partial charge in [-0.15, -0.1) is 11.3 Å². The van der Waals surface area contributed by atoms with Crippen LogP contribution >= 0.6 is 27.3 Å². The van der Waals surface area contributed by atoms with Crippen LogP contribution in [0.2, 0.25) is 0 Å². The molecule has 36 heavy (non-hydrogen) atoms.